The van der Waals surface area contributed by atoms with Crippen molar-refractivity contribution < 1.29 is 14.4 Å². The number of benzene rings is 2. The predicted octanol–water partition coefficient (Wildman–Crippen LogP) is 2.90. The van der Waals surface area contributed by atoms with Crippen molar-refractivity contribution in [1.29, 1.82) is 0 Å². The highest BCUT2D eigenvalue weighted by molar-refractivity contribution is 6.10. The number of para-hydroxylation sites is 1. The molecule has 2 aromatic carbocycles. The molecular weight excluding hydrogens is 380 g/mol. The van der Waals surface area contributed by atoms with Gasteiger partial charge in [0.25, 0.3) is 11.8 Å². The SMILES string of the molecule is NC(=O)CCNC(=O)c1ccccc1NC(=O)c1ccc2[nH]c3c(c2c1)CCCC3. The third-order valence-corrected chi connectivity index (χ3v) is 5.44. The van der Waals surface area contributed by atoms with E-state index in [1.165, 1.54) is 17.7 Å². The molecule has 0 spiro atoms. The van der Waals surface area contributed by atoms with Gasteiger partial charge in [0.2, 0.25) is 5.91 Å². The topological polar surface area (TPSA) is 117 Å². The molecule has 7 heteroatoms. The Morgan fingerprint density at radius 1 is 1.00 bits per heavy atom. The summed E-state index contributed by atoms with van der Waals surface area (Å²) < 4.78 is 0. The molecule has 1 aromatic heterocycles. The number of nitrogens with one attached hydrogen (secondary N) is 3. The van der Waals surface area contributed by atoms with Crippen LogP contribution in [-0.2, 0) is 17.6 Å². The molecule has 7 nitrogen and oxygen atoms in total. The minimum Gasteiger partial charge on any atom is -0.370 e. The van der Waals surface area contributed by atoms with E-state index in [-0.39, 0.29) is 24.8 Å². The van der Waals surface area contributed by atoms with Crippen molar-refractivity contribution in [2.75, 3.05) is 11.9 Å². The molecular formula is C23H24N4O3. The zero-order valence-corrected chi connectivity index (χ0v) is 16.6. The minimum atomic E-state index is -0.487. The Kier molecular flexibility index (Phi) is 5.52. The van der Waals surface area contributed by atoms with Crippen LogP contribution in [-0.4, -0.2) is 29.3 Å². The summed E-state index contributed by atoms with van der Waals surface area (Å²) in [5.41, 5.74) is 10.0. The number of fused-ring (bicyclic) bond motifs is 3. The smallest absolute Gasteiger partial charge is 0.255 e. The second kappa shape index (κ2) is 8.41. The van der Waals surface area contributed by atoms with Crippen LogP contribution in [0.3, 0.4) is 0 Å². The van der Waals surface area contributed by atoms with Crippen LogP contribution in [0.1, 0.15) is 51.2 Å². The fraction of sp³-hybridized carbons (Fsp3) is 0.261. The average Bonchev–Trinajstić information content (AvgIpc) is 3.11. The molecule has 0 unspecified atom stereocenters. The molecule has 5 N–H and O–H groups in total. The van der Waals surface area contributed by atoms with E-state index in [4.69, 9.17) is 5.73 Å². The van der Waals surface area contributed by atoms with E-state index in [9.17, 15) is 14.4 Å². The van der Waals surface area contributed by atoms with E-state index in [1.54, 1.807) is 30.3 Å². The van der Waals surface area contributed by atoms with Gasteiger partial charge in [0, 0.05) is 35.1 Å². The van der Waals surface area contributed by atoms with Crippen molar-refractivity contribution in [3.8, 4) is 0 Å². The van der Waals surface area contributed by atoms with E-state index in [0.717, 1.165) is 30.2 Å². The zero-order valence-electron chi connectivity index (χ0n) is 16.6. The summed E-state index contributed by atoms with van der Waals surface area (Å²) in [7, 11) is 0. The standard InChI is InChI=1S/C23H24N4O3/c24-21(28)11-12-25-23(30)16-6-2-4-8-19(16)27-22(29)14-9-10-20-17(13-14)15-5-1-3-7-18(15)26-20/h2,4,6,8-10,13,26H,1,3,5,7,11-12H2,(H2,24,28)(H,25,30)(H,27,29). The molecule has 0 bridgehead atoms. The van der Waals surface area contributed by atoms with Crippen molar-refractivity contribution >= 4 is 34.3 Å². The lowest BCUT2D eigenvalue weighted by atomic mass is 9.95. The lowest BCUT2D eigenvalue weighted by molar-refractivity contribution is -0.117. The fourth-order valence-electron chi connectivity index (χ4n) is 3.93. The molecule has 0 saturated heterocycles. The van der Waals surface area contributed by atoms with Crippen LogP contribution in [0.5, 0.6) is 0 Å². The maximum absolute atomic E-state index is 12.9. The van der Waals surface area contributed by atoms with Gasteiger partial charge >= 0.3 is 0 Å². The molecule has 4 rings (SSSR count). The van der Waals surface area contributed by atoms with Crippen molar-refractivity contribution in [1.82, 2.24) is 10.3 Å². The summed E-state index contributed by atoms with van der Waals surface area (Å²) in [6.45, 7) is 0.145. The fourth-order valence-corrected chi connectivity index (χ4v) is 3.93. The van der Waals surface area contributed by atoms with Gasteiger partial charge in [-0.3, -0.25) is 14.4 Å². The lowest BCUT2D eigenvalue weighted by Crippen LogP contribution is -2.28. The first-order valence-corrected chi connectivity index (χ1v) is 10.1. The number of aromatic amines is 1. The van der Waals surface area contributed by atoms with Gasteiger partial charge in [0.15, 0.2) is 0 Å². The van der Waals surface area contributed by atoms with E-state index >= 15 is 0 Å². The minimum absolute atomic E-state index is 0.0568. The Bertz CT molecular complexity index is 1130. The largest absolute Gasteiger partial charge is 0.370 e. The number of amides is 3. The number of aryl methyl sites for hydroxylation is 2. The number of rotatable bonds is 6. The highest BCUT2D eigenvalue weighted by Crippen LogP contribution is 2.30. The normalized spacial score (nSPS) is 12.9. The van der Waals surface area contributed by atoms with Gasteiger partial charge in [-0.1, -0.05) is 12.1 Å². The number of H-pyrrole nitrogens is 1. The highest BCUT2D eigenvalue weighted by atomic mass is 16.2. The Balaban J connectivity index is 1.54. The third kappa shape index (κ3) is 4.05. The van der Waals surface area contributed by atoms with Crippen molar-refractivity contribution in [2.24, 2.45) is 5.73 Å². The number of hydrogen-bond donors (Lipinski definition) is 4. The zero-order chi connectivity index (χ0) is 21.1. The number of aromatic nitrogens is 1. The first-order valence-electron chi connectivity index (χ1n) is 10.1. The molecule has 0 fully saturated rings. The Labute approximate surface area is 174 Å². The molecule has 154 valence electrons. The number of anilines is 1. The molecule has 3 amide bonds. The van der Waals surface area contributed by atoms with Crippen LogP contribution in [0.2, 0.25) is 0 Å². The van der Waals surface area contributed by atoms with E-state index in [2.05, 4.69) is 15.6 Å². The monoisotopic (exact) mass is 404 g/mol. The quantitative estimate of drug-likeness (QED) is 0.506. The van der Waals surface area contributed by atoms with Gasteiger partial charge in [-0.05, 0) is 61.6 Å². The second-order valence-electron chi connectivity index (χ2n) is 7.52. The van der Waals surface area contributed by atoms with E-state index in [1.807, 2.05) is 12.1 Å². The van der Waals surface area contributed by atoms with Crippen LogP contribution in [0.15, 0.2) is 42.5 Å². The summed E-state index contributed by atoms with van der Waals surface area (Å²) in [5.74, 6) is -1.14. The van der Waals surface area contributed by atoms with Gasteiger partial charge < -0.3 is 21.4 Å². The molecule has 1 aliphatic carbocycles. The summed E-state index contributed by atoms with van der Waals surface area (Å²) in [4.78, 5) is 39.7. The van der Waals surface area contributed by atoms with Gasteiger partial charge in [0.1, 0.15) is 0 Å². The number of carbonyl (C=O) groups is 3. The van der Waals surface area contributed by atoms with Crippen LogP contribution >= 0.6 is 0 Å². The first-order chi connectivity index (χ1) is 14.5. The summed E-state index contributed by atoms with van der Waals surface area (Å²) in [6, 6.07) is 12.4. The van der Waals surface area contributed by atoms with Crippen LogP contribution in [0.25, 0.3) is 10.9 Å². The van der Waals surface area contributed by atoms with Gasteiger partial charge in [-0.25, -0.2) is 0 Å². The average molecular weight is 404 g/mol. The number of carbonyl (C=O) groups excluding carboxylic acids is 3. The molecule has 0 atom stereocenters. The Hall–Kier alpha value is -3.61. The number of hydrogen-bond acceptors (Lipinski definition) is 3. The molecule has 0 radical (unpaired) electrons. The molecule has 0 saturated carbocycles. The van der Waals surface area contributed by atoms with Crippen molar-refractivity contribution in [3.05, 3.63) is 64.8 Å². The summed E-state index contributed by atoms with van der Waals surface area (Å²) >= 11 is 0. The maximum atomic E-state index is 12.9. The lowest BCUT2D eigenvalue weighted by Gasteiger charge is -2.12. The summed E-state index contributed by atoms with van der Waals surface area (Å²) in [5, 5.41) is 6.58. The highest BCUT2D eigenvalue weighted by Gasteiger charge is 2.18. The third-order valence-electron chi connectivity index (χ3n) is 5.44. The number of primary amides is 1. The maximum Gasteiger partial charge on any atom is 0.255 e. The Morgan fingerprint density at radius 3 is 2.63 bits per heavy atom. The van der Waals surface area contributed by atoms with Crippen LogP contribution in [0, 0.1) is 0 Å². The molecule has 1 aliphatic rings. The van der Waals surface area contributed by atoms with Crippen molar-refractivity contribution in [2.45, 2.75) is 32.1 Å². The molecule has 30 heavy (non-hydrogen) atoms. The first kappa shape index (κ1) is 19.7. The summed E-state index contributed by atoms with van der Waals surface area (Å²) in [6.07, 6.45) is 4.47. The van der Waals surface area contributed by atoms with Crippen LogP contribution in [0.4, 0.5) is 5.69 Å². The van der Waals surface area contributed by atoms with Crippen LogP contribution < -0.4 is 16.4 Å². The molecule has 3 aromatic rings. The molecule has 1 heterocycles. The Morgan fingerprint density at radius 2 is 1.80 bits per heavy atom. The predicted molar refractivity (Wildman–Crippen MR) is 115 cm³/mol. The van der Waals surface area contributed by atoms with Gasteiger partial charge in [0.05, 0.1) is 11.3 Å². The van der Waals surface area contributed by atoms with Crippen molar-refractivity contribution in [3.63, 3.8) is 0 Å². The van der Waals surface area contributed by atoms with E-state index in [0.29, 0.717) is 16.8 Å². The van der Waals surface area contributed by atoms with E-state index < -0.39 is 5.91 Å². The number of nitrogens with two attached hydrogens (primary N) is 1. The van der Waals surface area contributed by atoms with Gasteiger partial charge in [-0.2, -0.15) is 0 Å². The second-order valence-corrected chi connectivity index (χ2v) is 7.52. The van der Waals surface area contributed by atoms with Gasteiger partial charge in [-0.15, -0.1) is 0 Å². The molecule has 0 aliphatic heterocycles.